The molecule has 0 unspecified atom stereocenters. The number of hydrogen-bond acceptors (Lipinski definition) is 3. The quantitative estimate of drug-likeness (QED) is 0.803. The zero-order chi connectivity index (χ0) is 10.7. The Morgan fingerprint density at radius 2 is 1.87 bits per heavy atom. The van der Waals surface area contributed by atoms with Gasteiger partial charge in [0.1, 0.15) is 0 Å². The minimum absolute atomic E-state index is 0.0450. The van der Waals surface area contributed by atoms with Crippen LogP contribution in [0.1, 0.15) is 10.5 Å². The Hall–Kier alpha value is -2.23. The van der Waals surface area contributed by atoms with Crippen molar-refractivity contribution in [1.29, 1.82) is 0 Å². The zero-order valence-corrected chi connectivity index (χ0v) is 7.79. The highest BCUT2D eigenvalue weighted by atomic mass is 16.4. The zero-order valence-electron chi connectivity index (χ0n) is 7.79. The number of rotatable bonds is 2. The largest absolute Gasteiger partial charge is 0.476 e. The second kappa shape index (κ2) is 3.88. The maximum Gasteiger partial charge on any atom is 0.356 e. The van der Waals surface area contributed by atoms with Crippen molar-refractivity contribution < 1.29 is 9.90 Å². The van der Waals surface area contributed by atoms with Gasteiger partial charge in [0.15, 0.2) is 5.69 Å². The van der Waals surface area contributed by atoms with Gasteiger partial charge in [0.2, 0.25) is 0 Å². The van der Waals surface area contributed by atoms with E-state index in [1.54, 1.807) is 6.20 Å². The maximum atomic E-state index is 10.7. The average molecular weight is 200 g/mol. The number of nitrogens with zero attached hydrogens (tertiary/aromatic N) is 2. The lowest BCUT2D eigenvalue weighted by atomic mass is 10.2. The molecule has 1 heterocycles. The van der Waals surface area contributed by atoms with Gasteiger partial charge in [0, 0.05) is 5.56 Å². The molecule has 0 amide bonds. The number of benzene rings is 1. The van der Waals surface area contributed by atoms with Crippen molar-refractivity contribution in [2.75, 3.05) is 0 Å². The van der Waals surface area contributed by atoms with Crippen LogP contribution in [0, 0.1) is 0 Å². The molecule has 0 bridgehead atoms. The highest BCUT2D eigenvalue weighted by molar-refractivity contribution is 5.85. The van der Waals surface area contributed by atoms with Gasteiger partial charge in [-0.2, -0.15) is 0 Å². The molecule has 4 nitrogen and oxygen atoms in total. The smallest absolute Gasteiger partial charge is 0.356 e. The molecular formula is C11H8N2O2. The van der Waals surface area contributed by atoms with Crippen molar-refractivity contribution >= 4 is 5.97 Å². The second-order valence-electron chi connectivity index (χ2n) is 2.96. The Bertz CT molecular complexity index is 483. The Labute approximate surface area is 86.2 Å². The van der Waals surface area contributed by atoms with Crippen LogP contribution in [0.4, 0.5) is 0 Å². The molecule has 0 radical (unpaired) electrons. The summed E-state index contributed by atoms with van der Waals surface area (Å²) in [4.78, 5) is 18.5. The standard InChI is InChI=1S/C11H8N2O2/c14-11(15)10-7-12-6-9(13-10)8-4-2-1-3-5-8/h1-7H,(H,14,15). The number of carbonyl (C=O) groups is 1. The van der Waals surface area contributed by atoms with E-state index in [1.807, 2.05) is 30.3 Å². The molecule has 1 aromatic heterocycles. The van der Waals surface area contributed by atoms with Crippen LogP contribution in [-0.2, 0) is 0 Å². The molecule has 0 aliphatic rings. The predicted molar refractivity (Wildman–Crippen MR) is 54.4 cm³/mol. The van der Waals surface area contributed by atoms with Gasteiger partial charge in [-0.25, -0.2) is 9.78 Å². The van der Waals surface area contributed by atoms with Crippen LogP contribution >= 0.6 is 0 Å². The first-order chi connectivity index (χ1) is 7.27. The molecule has 2 rings (SSSR count). The number of carboxylic acids is 1. The van der Waals surface area contributed by atoms with E-state index in [0.29, 0.717) is 5.69 Å². The van der Waals surface area contributed by atoms with E-state index in [1.165, 1.54) is 6.20 Å². The molecule has 0 atom stereocenters. The van der Waals surface area contributed by atoms with Crippen LogP contribution in [0.2, 0.25) is 0 Å². The highest BCUT2D eigenvalue weighted by Crippen LogP contribution is 2.14. The van der Waals surface area contributed by atoms with Crippen LogP contribution in [0.25, 0.3) is 11.3 Å². The van der Waals surface area contributed by atoms with Crippen LogP contribution < -0.4 is 0 Å². The van der Waals surface area contributed by atoms with Gasteiger partial charge in [-0.05, 0) is 0 Å². The van der Waals surface area contributed by atoms with Crippen molar-refractivity contribution in [3.63, 3.8) is 0 Å². The molecule has 1 aromatic carbocycles. The van der Waals surface area contributed by atoms with Gasteiger partial charge in [-0.1, -0.05) is 30.3 Å². The first-order valence-corrected chi connectivity index (χ1v) is 4.38. The first kappa shape index (κ1) is 9.33. The number of aromatic carboxylic acids is 1. The molecule has 1 N–H and O–H groups in total. The fraction of sp³-hybridized carbons (Fsp3) is 0. The van der Waals surface area contributed by atoms with E-state index in [0.717, 1.165) is 5.56 Å². The van der Waals surface area contributed by atoms with Crippen molar-refractivity contribution in [2.45, 2.75) is 0 Å². The Kier molecular flexibility index (Phi) is 2.41. The van der Waals surface area contributed by atoms with Gasteiger partial charge in [-0.3, -0.25) is 4.98 Å². The van der Waals surface area contributed by atoms with E-state index in [-0.39, 0.29) is 5.69 Å². The topological polar surface area (TPSA) is 63.1 Å². The number of aromatic nitrogens is 2. The summed E-state index contributed by atoms with van der Waals surface area (Å²) in [7, 11) is 0. The molecule has 0 aliphatic heterocycles. The molecule has 4 heteroatoms. The highest BCUT2D eigenvalue weighted by Gasteiger charge is 2.06. The summed E-state index contributed by atoms with van der Waals surface area (Å²) in [5.41, 5.74) is 1.37. The lowest BCUT2D eigenvalue weighted by Gasteiger charge is -2.00. The monoisotopic (exact) mass is 200 g/mol. The molecule has 0 fully saturated rings. The van der Waals surface area contributed by atoms with Crippen LogP contribution in [0.15, 0.2) is 42.7 Å². The van der Waals surface area contributed by atoms with Crippen molar-refractivity contribution in [3.8, 4) is 11.3 Å². The predicted octanol–water partition coefficient (Wildman–Crippen LogP) is 1.84. The fourth-order valence-electron chi connectivity index (χ4n) is 1.22. The summed E-state index contributed by atoms with van der Waals surface area (Å²) >= 11 is 0. The third-order valence-corrected chi connectivity index (χ3v) is 1.92. The summed E-state index contributed by atoms with van der Waals surface area (Å²) in [6, 6.07) is 9.33. The van der Waals surface area contributed by atoms with Gasteiger partial charge in [0.05, 0.1) is 18.1 Å². The van der Waals surface area contributed by atoms with Crippen LogP contribution in [0.3, 0.4) is 0 Å². The van der Waals surface area contributed by atoms with E-state index in [2.05, 4.69) is 9.97 Å². The molecule has 15 heavy (non-hydrogen) atoms. The summed E-state index contributed by atoms with van der Waals surface area (Å²) in [6.45, 7) is 0. The minimum atomic E-state index is -1.07. The summed E-state index contributed by atoms with van der Waals surface area (Å²) in [5.74, 6) is -1.07. The summed E-state index contributed by atoms with van der Waals surface area (Å²) in [6.07, 6.45) is 2.77. The number of hydrogen-bond donors (Lipinski definition) is 1. The molecule has 0 spiro atoms. The summed E-state index contributed by atoms with van der Waals surface area (Å²) in [5, 5.41) is 8.75. The lowest BCUT2D eigenvalue weighted by Crippen LogP contribution is -2.01. The van der Waals surface area contributed by atoms with E-state index < -0.39 is 5.97 Å². The Morgan fingerprint density at radius 3 is 2.53 bits per heavy atom. The fourth-order valence-corrected chi connectivity index (χ4v) is 1.22. The first-order valence-electron chi connectivity index (χ1n) is 4.38. The molecule has 2 aromatic rings. The third-order valence-electron chi connectivity index (χ3n) is 1.92. The second-order valence-corrected chi connectivity index (χ2v) is 2.96. The van der Waals surface area contributed by atoms with Crippen molar-refractivity contribution in [3.05, 3.63) is 48.4 Å². The van der Waals surface area contributed by atoms with E-state index in [4.69, 9.17) is 5.11 Å². The SMILES string of the molecule is O=C(O)c1cncc(-c2ccccc2)n1. The molecule has 0 aliphatic carbocycles. The van der Waals surface area contributed by atoms with Crippen LogP contribution in [0.5, 0.6) is 0 Å². The van der Waals surface area contributed by atoms with Gasteiger partial charge >= 0.3 is 5.97 Å². The maximum absolute atomic E-state index is 10.7. The van der Waals surface area contributed by atoms with Crippen molar-refractivity contribution in [2.24, 2.45) is 0 Å². The minimum Gasteiger partial charge on any atom is -0.476 e. The van der Waals surface area contributed by atoms with Crippen molar-refractivity contribution in [1.82, 2.24) is 9.97 Å². The Morgan fingerprint density at radius 1 is 1.13 bits per heavy atom. The normalized spacial score (nSPS) is 9.87. The third kappa shape index (κ3) is 1.99. The van der Waals surface area contributed by atoms with Gasteiger partial charge in [0.25, 0.3) is 0 Å². The molecule has 74 valence electrons. The van der Waals surface area contributed by atoms with Gasteiger partial charge in [-0.15, -0.1) is 0 Å². The lowest BCUT2D eigenvalue weighted by molar-refractivity contribution is 0.0690. The average Bonchev–Trinajstić information content (AvgIpc) is 2.30. The van der Waals surface area contributed by atoms with E-state index in [9.17, 15) is 4.79 Å². The molecule has 0 saturated carbocycles. The van der Waals surface area contributed by atoms with E-state index >= 15 is 0 Å². The molecule has 0 saturated heterocycles. The summed E-state index contributed by atoms with van der Waals surface area (Å²) < 4.78 is 0. The number of carboxylic acid groups (broad SMARTS) is 1. The van der Waals surface area contributed by atoms with Crippen LogP contribution in [-0.4, -0.2) is 21.0 Å². The molecular weight excluding hydrogens is 192 g/mol. The Balaban J connectivity index is 2.46. The van der Waals surface area contributed by atoms with Gasteiger partial charge < -0.3 is 5.11 Å².